The highest BCUT2D eigenvalue weighted by Gasteiger charge is 2.21. The van der Waals surface area contributed by atoms with Crippen molar-refractivity contribution in [1.29, 1.82) is 10.5 Å². The number of fused-ring (bicyclic) bond motifs is 1. The van der Waals surface area contributed by atoms with Gasteiger partial charge in [0.05, 0.1) is 42.0 Å². The first kappa shape index (κ1) is 11.0. The van der Waals surface area contributed by atoms with Gasteiger partial charge < -0.3 is 10.2 Å². The number of nitrogens with zero attached hydrogens (tertiary/aromatic N) is 3. The fraction of sp³-hybridized carbons (Fsp3) is 0.250. The van der Waals surface area contributed by atoms with Crippen LogP contribution in [-0.2, 0) is 4.79 Å². The van der Waals surface area contributed by atoms with Gasteiger partial charge in [-0.05, 0) is 18.2 Å². The summed E-state index contributed by atoms with van der Waals surface area (Å²) in [6.07, 6.45) is 0.351. The molecule has 17 heavy (non-hydrogen) atoms. The predicted octanol–water partition coefficient (Wildman–Crippen LogP) is 1.23. The highest BCUT2D eigenvalue weighted by molar-refractivity contribution is 6.01. The lowest BCUT2D eigenvalue weighted by atomic mass is 10.1. The van der Waals surface area contributed by atoms with Crippen molar-refractivity contribution < 1.29 is 4.79 Å². The zero-order chi connectivity index (χ0) is 12.3. The van der Waals surface area contributed by atoms with Crippen LogP contribution in [0.3, 0.4) is 0 Å². The lowest BCUT2D eigenvalue weighted by Gasteiger charge is -2.30. The maximum Gasteiger partial charge on any atom is 0.243 e. The molecule has 0 saturated heterocycles. The summed E-state index contributed by atoms with van der Waals surface area (Å²) in [5.41, 5.74) is 2.04. The molecule has 0 atom stereocenters. The van der Waals surface area contributed by atoms with Crippen molar-refractivity contribution >= 4 is 17.3 Å². The van der Waals surface area contributed by atoms with Gasteiger partial charge in [-0.25, -0.2) is 0 Å². The van der Waals surface area contributed by atoms with Gasteiger partial charge in [-0.15, -0.1) is 0 Å². The number of anilines is 2. The largest absolute Gasteiger partial charge is 0.359 e. The molecule has 0 radical (unpaired) electrons. The van der Waals surface area contributed by atoms with Crippen LogP contribution in [-0.4, -0.2) is 19.0 Å². The summed E-state index contributed by atoms with van der Waals surface area (Å²) < 4.78 is 0. The second kappa shape index (κ2) is 4.54. The molecule has 0 aliphatic carbocycles. The molecule has 0 saturated carbocycles. The van der Waals surface area contributed by atoms with Gasteiger partial charge in [-0.3, -0.25) is 4.79 Å². The number of rotatable bonds is 2. The van der Waals surface area contributed by atoms with Crippen LogP contribution >= 0.6 is 0 Å². The Morgan fingerprint density at radius 1 is 1.41 bits per heavy atom. The average molecular weight is 226 g/mol. The van der Waals surface area contributed by atoms with E-state index in [1.165, 1.54) is 0 Å². The summed E-state index contributed by atoms with van der Waals surface area (Å²) >= 11 is 0. The molecule has 1 amide bonds. The number of nitriles is 2. The maximum absolute atomic E-state index is 11.5. The Bertz CT molecular complexity index is 538. The SMILES string of the molecule is N#CCCN1CC(=O)Nc2ccc(C#N)cc21. The number of carbonyl (C=O) groups is 1. The second-order valence-electron chi connectivity index (χ2n) is 3.72. The minimum atomic E-state index is -0.0971. The first-order valence-electron chi connectivity index (χ1n) is 5.20. The van der Waals surface area contributed by atoms with Crippen LogP contribution in [0.4, 0.5) is 11.4 Å². The number of hydrogen-bond acceptors (Lipinski definition) is 4. The molecule has 0 spiro atoms. The Balaban J connectivity index is 2.36. The van der Waals surface area contributed by atoms with E-state index in [1.807, 2.05) is 4.90 Å². The summed E-state index contributed by atoms with van der Waals surface area (Å²) in [5.74, 6) is -0.0971. The zero-order valence-electron chi connectivity index (χ0n) is 9.10. The van der Waals surface area contributed by atoms with Crippen LogP contribution < -0.4 is 10.2 Å². The third kappa shape index (κ3) is 2.19. The van der Waals surface area contributed by atoms with Gasteiger partial charge >= 0.3 is 0 Å². The Morgan fingerprint density at radius 2 is 2.24 bits per heavy atom. The molecule has 1 aromatic carbocycles. The third-order valence-corrected chi connectivity index (χ3v) is 2.57. The van der Waals surface area contributed by atoms with Crippen LogP contribution in [0.25, 0.3) is 0 Å². The normalized spacial score (nSPS) is 13.3. The van der Waals surface area contributed by atoms with Crippen LogP contribution in [0.2, 0.25) is 0 Å². The molecular formula is C12H10N4O. The fourth-order valence-electron chi connectivity index (χ4n) is 1.80. The van der Waals surface area contributed by atoms with Crippen LogP contribution in [0.1, 0.15) is 12.0 Å². The molecule has 1 aromatic rings. The molecule has 5 nitrogen and oxygen atoms in total. The van der Waals surface area contributed by atoms with Gasteiger partial charge in [0.15, 0.2) is 0 Å². The Labute approximate surface area is 98.9 Å². The van der Waals surface area contributed by atoms with E-state index >= 15 is 0 Å². The first-order chi connectivity index (χ1) is 8.24. The van der Waals surface area contributed by atoms with Crippen LogP contribution in [0.5, 0.6) is 0 Å². The van der Waals surface area contributed by atoms with Gasteiger partial charge in [0, 0.05) is 6.54 Å². The van der Waals surface area contributed by atoms with Crippen molar-refractivity contribution in [3.05, 3.63) is 23.8 Å². The van der Waals surface area contributed by atoms with Crippen molar-refractivity contribution in [2.24, 2.45) is 0 Å². The molecule has 1 aliphatic heterocycles. The van der Waals surface area contributed by atoms with Crippen molar-refractivity contribution in [2.45, 2.75) is 6.42 Å². The molecule has 0 fully saturated rings. The lowest BCUT2D eigenvalue weighted by Crippen LogP contribution is -2.38. The van der Waals surface area contributed by atoms with Gasteiger partial charge in [0.25, 0.3) is 0 Å². The van der Waals surface area contributed by atoms with Crippen molar-refractivity contribution in [3.8, 4) is 12.1 Å². The van der Waals surface area contributed by atoms with E-state index in [1.54, 1.807) is 18.2 Å². The number of carbonyl (C=O) groups excluding carboxylic acids is 1. The molecule has 0 bridgehead atoms. The number of amides is 1. The van der Waals surface area contributed by atoms with E-state index < -0.39 is 0 Å². The van der Waals surface area contributed by atoms with E-state index in [9.17, 15) is 4.79 Å². The molecule has 5 heteroatoms. The Kier molecular flexibility index (Phi) is 2.93. The molecule has 84 valence electrons. The molecular weight excluding hydrogens is 216 g/mol. The summed E-state index contributed by atoms with van der Waals surface area (Å²) in [6.45, 7) is 0.718. The van der Waals surface area contributed by atoms with Gasteiger partial charge in [0.1, 0.15) is 0 Å². The summed E-state index contributed by atoms with van der Waals surface area (Å²) in [7, 11) is 0. The molecule has 0 aromatic heterocycles. The Morgan fingerprint density at radius 3 is 2.94 bits per heavy atom. The smallest absolute Gasteiger partial charge is 0.243 e. The van der Waals surface area contributed by atoms with E-state index in [-0.39, 0.29) is 12.5 Å². The molecule has 1 heterocycles. The summed E-state index contributed by atoms with van der Waals surface area (Å²) in [4.78, 5) is 13.3. The zero-order valence-corrected chi connectivity index (χ0v) is 9.10. The van der Waals surface area contributed by atoms with Crippen LogP contribution in [0, 0.1) is 22.7 Å². The van der Waals surface area contributed by atoms with E-state index in [0.717, 1.165) is 5.69 Å². The molecule has 2 rings (SSSR count). The standard InChI is InChI=1S/C12H10N4O/c13-4-1-5-16-8-12(17)15-10-3-2-9(7-14)6-11(10)16/h2-3,6H,1,5,8H2,(H,15,17). The maximum atomic E-state index is 11.5. The van der Waals surface area contributed by atoms with Crippen molar-refractivity contribution in [2.75, 3.05) is 23.3 Å². The van der Waals surface area contributed by atoms with Crippen molar-refractivity contribution in [3.63, 3.8) is 0 Å². The highest BCUT2D eigenvalue weighted by atomic mass is 16.2. The average Bonchev–Trinajstić information content (AvgIpc) is 2.35. The third-order valence-electron chi connectivity index (χ3n) is 2.57. The van der Waals surface area contributed by atoms with Gasteiger partial charge in [-0.2, -0.15) is 10.5 Å². The number of benzene rings is 1. The topological polar surface area (TPSA) is 79.9 Å². The minimum Gasteiger partial charge on any atom is -0.359 e. The molecule has 0 unspecified atom stereocenters. The first-order valence-corrected chi connectivity index (χ1v) is 5.20. The molecule has 1 N–H and O–H groups in total. The van der Waals surface area contributed by atoms with Crippen molar-refractivity contribution in [1.82, 2.24) is 0 Å². The van der Waals surface area contributed by atoms with Gasteiger partial charge in [0.2, 0.25) is 5.91 Å². The lowest BCUT2D eigenvalue weighted by molar-refractivity contribution is -0.115. The molecule has 1 aliphatic rings. The Hall–Kier alpha value is -2.53. The summed E-state index contributed by atoms with van der Waals surface area (Å²) in [5, 5.41) is 20.2. The van der Waals surface area contributed by atoms with E-state index in [4.69, 9.17) is 10.5 Å². The van der Waals surface area contributed by atoms with E-state index in [0.29, 0.717) is 24.2 Å². The monoisotopic (exact) mass is 226 g/mol. The minimum absolute atomic E-state index is 0.0971. The van der Waals surface area contributed by atoms with E-state index in [2.05, 4.69) is 17.5 Å². The summed E-state index contributed by atoms with van der Waals surface area (Å²) in [6, 6.07) is 9.21. The van der Waals surface area contributed by atoms with Crippen LogP contribution in [0.15, 0.2) is 18.2 Å². The second-order valence-corrected chi connectivity index (χ2v) is 3.72. The van der Waals surface area contributed by atoms with Gasteiger partial charge in [-0.1, -0.05) is 0 Å². The fourth-order valence-corrected chi connectivity index (χ4v) is 1.80. The quantitative estimate of drug-likeness (QED) is 0.822. The highest BCUT2D eigenvalue weighted by Crippen LogP contribution is 2.30. The number of nitrogens with one attached hydrogen (secondary N) is 1. The predicted molar refractivity (Wildman–Crippen MR) is 62.2 cm³/mol. The number of hydrogen-bond donors (Lipinski definition) is 1.